The summed E-state index contributed by atoms with van der Waals surface area (Å²) >= 11 is 0. The average Bonchev–Trinajstić information content (AvgIpc) is 3.01. The first kappa shape index (κ1) is 14.8. The molecule has 3 aliphatic rings. The summed E-state index contributed by atoms with van der Waals surface area (Å²) in [5.74, 6) is 0.773. The van der Waals surface area contributed by atoms with E-state index >= 15 is 0 Å². The monoisotopic (exact) mass is 282 g/mol. The van der Waals surface area contributed by atoms with Crippen molar-refractivity contribution >= 4 is 0 Å². The van der Waals surface area contributed by atoms with Gasteiger partial charge in [0.25, 0.3) is 0 Å². The van der Waals surface area contributed by atoms with Crippen molar-refractivity contribution in [3.63, 3.8) is 0 Å². The van der Waals surface area contributed by atoms with Crippen LogP contribution in [0.25, 0.3) is 0 Å². The fourth-order valence-electron chi connectivity index (χ4n) is 4.81. The predicted molar refractivity (Wildman–Crippen MR) is 80.0 cm³/mol. The minimum absolute atomic E-state index is 0.376. The Bertz CT molecular complexity index is 293. The normalized spacial score (nSPS) is 30.4. The third-order valence-electron chi connectivity index (χ3n) is 5.74. The number of nitrogens with one attached hydrogen (secondary N) is 1. The summed E-state index contributed by atoms with van der Waals surface area (Å²) < 4.78 is 11.2. The van der Waals surface area contributed by atoms with Crippen molar-refractivity contribution < 1.29 is 9.47 Å². The fourth-order valence-corrected chi connectivity index (χ4v) is 4.81. The number of morpholine rings is 1. The third kappa shape index (κ3) is 2.76. The highest BCUT2D eigenvalue weighted by molar-refractivity contribution is 5.06. The molecule has 0 aromatic carbocycles. The summed E-state index contributed by atoms with van der Waals surface area (Å²) in [6, 6.07) is 0.618. The molecule has 0 radical (unpaired) electrons. The van der Waals surface area contributed by atoms with E-state index in [1.54, 1.807) is 0 Å². The summed E-state index contributed by atoms with van der Waals surface area (Å²) in [4.78, 5) is 2.75. The molecular weight excluding hydrogens is 252 g/mol. The summed E-state index contributed by atoms with van der Waals surface area (Å²) in [6.07, 6.45) is 7.93. The van der Waals surface area contributed by atoms with Gasteiger partial charge in [-0.2, -0.15) is 0 Å². The number of hydrogen-bond donors (Lipinski definition) is 1. The molecule has 1 unspecified atom stereocenters. The van der Waals surface area contributed by atoms with Crippen LogP contribution in [0.4, 0.5) is 0 Å². The zero-order valence-corrected chi connectivity index (χ0v) is 12.9. The number of ether oxygens (including phenoxy) is 2. The molecule has 0 aromatic heterocycles. The van der Waals surface area contributed by atoms with Crippen molar-refractivity contribution in [1.82, 2.24) is 10.2 Å². The Balaban J connectivity index is 1.79. The van der Waals surface area contributed by atoms with Gasteiger partial charge in [0.2, 0.25) is 0 Å². The highest BCUT2D eigenvalue weighted by atomic mass is 16.5. The highest BCUT2D eigenvalue weighted by Gasteiger charge is 2.48. The van der Waals surface area contributed by atoms with Crippen molar-refractivity contribution in [1.29, 1.82) is 0 Å². The predicted octanol–water partition coefficient (Wildman–Crippen LogP) is 1.65. The van der Waals surface area contributed by atoms with Crippen molar-refractivity contribution in [2.45, 2.75) is 50.1 Å². The first-order valence-corrected chi connectivity index (χ1v) is 8.45. The summed E-state index contributed by atoms with van der Waals surface area (Å²) in [7, 11) is 2.17. The largest absolute Gasteiger partial charge is 0.381 e. The van der Waals surface area contributed by atoms with Gasteiger partial charge in [-0.25, -0.2) is 0 Å². The first-order chi connectivity index (χ1) is 9.87. The van der Waals surface area contributed by atoms with Gasteiger partial charge in [-0.1, -0.05) is 12.8 Å². The molecule has 0 bridgehead atoms. The average molecular weight is 282 g/mol. The van der Waals surface area contributed by atoms with Crippen LogP contribution in [0, 0.1) is 5.92 Å². The minimum Gasteiger partial charge on any atom is -0.381 e. The van der Waals surface area contributed by atoms with Gasteiger partial charge in [-0.3, -0.25) is 4.90 Å². The maximum absolute atomic E-state index is 5.58. The van der Waals surface area contributed by atoms with E-state index < -0.39 is 0 Å². The van der Waals surface area contributed by atoms with Crippen molar-refractivity contribution in [3.8, 4) is 0 Å². The standard InChI is InChI=1S/C16H30N2O2/c1-17-15(14-4-10-19-11-5-14)16(6-2-3-7-16)18-8-12-20-13-9-18/h14-15,17H,2-13H2,1H3. The molecule has 2 heterocycles. The van der Waals surface area contributed by atoms with E-state index in [0.717, 1.165) is 45.4 Å². The molecular formula is C16H30N2O2. The summed E-state index contributed by atoms with van der Waals surface area (Å²) in [5.41, 5.74) is 0.376. The number of hydrogen-bond acceptors (Lipinski definition) is 4. The molecule has 116 valence electrons. The lowest BCUT2D eigenvalue weighted by molar-refractivity contribution is -0.0544. The molecule has 20 heavy (non-hydrogen) atoms. The molecule has 0 aromatic rings. The van der Waals surface area contributed by atoms with Crippen LogP contribution in [-0.4, -0.2) is 63.0 Å². The zero-order chi connectivity index (χ0) is 13.8. The zero-order valence-electron chi connectivity index (χ0n) is 12.9. The molecule has 2 aliphatic heterocycles. The second-order valence-corrected chi connectivity index (χ2v) is 6.63. The molecule has 0 spiro atoms. The van der Waals surface area contributed by atoms with Crippen LogP contribution >= 0.6 is 0 Å². The Morgan fingerprint density at radius 3 is 2.20 bits per heavy atom. The van der Waals surface area contributed by atoms with Crippen molar-refractivity contribution in [2.24, 2.45) is 5.92 Å². The maximum atomic E-state index is 5.58. The van der Waals surface area contributed by atoms with E-state index in [4.69, 9.17) is 9.47 Å². The number of nitrogens with zero attached hydrogens (tertiary/aromatic N) is 1. The maximum Gasteiger partial charge on any atom is 0.0594 e. The second kappa shape index (κ2) is 6.73. The fraction of sp³-hybridized carbons (Fsp3) is 1.00. The number of rotatable bonds is 4. The van der Waals surface area contributed by atoms with Crippen LogP contribution in [0.1, 0.15) is 38.5 Å². The van der Waals surface area contributed by atoms with Crippen LogP contribution in [-0.2, 0) is 9.47 Å². The molecule has 1 N–H and O–H groups in total. The van der Waals surface area contributed by atoms with E-state index in [9.17, 15) is 0 Å². The smallest absolute Gasteiger partial charge is 0.0594 e. The van der Waals surface area contributed by atoms with E-state index in [2.05, 4.69) is 17.3 Å². The van der Waals surface area contributed by atoms with E-state index in [1.165, 1.54) is 38.5 Å². The third-order valence-corrected chi connectivity index (χ3v) is 5.74. The van der Waals surface area contributed by atoms with Crippen molar-refractivity contribution in [2.75, 3.05) is 46.6 Å². The summed E-state index contributed by atoms with van der Waals surface area (Å²) in [5, 5.41) is 3.71. The molecule has 4 heteroatoms. The molecule has 3 fully saturated rings. The van der Waals surface area contributed by atoms with E-state index in [-0.39, 0.29) is 0 Å². The SMILES string of the molecule is CNC(C1CCOCC1)C1(N2CCOCC2)CCCC1. The molecule has 1 saturated carbocycles. The quantitative estimate of drug-likeness (QED) is 0.850. The van der Waals surface area contributed by atoms with Gasteiger partial charge in [0.1, 0.15) is 0 Å². The summed E-state index contributed by atoms with van der Waals surface area (Å²) in [6.45, 7) is 5.94. The lowest BCUT2D eigenvalue weighted by Gasteiger charge is -2.51. The van der Waals surface area contributed by atoms with Gasteiger partial charge in [-0.15, -0.1) is 0 Å². The second-order valence-electron chi connectivity index (χ2n) is 6.63. The molecule has 1 aliphatic carbocycles. The van der Waals surface area contributed by atoms with Crippen LogP contribution in [0.5, 0.6) is 0 Å². The van der Waals surface area contributed by atoms with Crippen LogP contribution < -0.4 is 5.32 Å². The van der Waals surface area contributed by atoms with Gasteiger partial charge >= 0.3 is 0 Å². The van der Waals surface area contributed by atoms with Gasteiger partial charge in [0.05, 0.1) is 13.2 Å². The Hall–Kier alpha value is -0.160. The first-order valence-electron chi connectivity index (χ1n) is 8.45. The lowest BCUT2D eigenvalue weighted by Crippen LogP contribution is -2.64. The molecule has 4 nitrogen and oxygen atoms in total. The molecule has 3 rings (SSSR count). The van der Waals surface area contributed by atoms with Crippen LogP contribution in [0.2, 0.25) is 0 Å². The van der Waals surface area contributed by atoms with Gasteiger partial charge in [0, 0.05) is 37.9 Å². The Morgan fingerprint density at radius 2 is 1.60 bits per heavy atom. The van der Waals surface area contributed by atoms with Gasteiger partial charge in [-0.05, 0) is 38.6 Å². The van der Waals surface area contributed by atoms with Crippen molar-refractivity contribution in [3.05, 3.63) is 0 Å². The van der Waals surface area contributed by atoms with E-state index in [1.807, 2.05) is 0 Å². The van der Waals surface area contributed by atoms with Gasteiger partial charge < -0.3 is 14.8 Å². The Kier molecular flexibility index (Phi) is 4.97. The van der Waals surface area contributed by atoms with Crippen LogP contribution in [0.3, 0.4) is 0 Å². The highest BCUT2D eigenvalue weighted by Crippen LogP contribution is 2.42. The van der Waals surface area contributed by atoms with Crippen LogP contribution in [0.15, 0.2) is 0 Å². The molecule has 2 saturated heterocycles. The Morgan fingerprint density at radius 1 is 1.00 bits per heavy atom. The van der Waals surface area contributed by atoms with Gasteiger partial charge in [0.15, 0.2) is 0 Å². The minimum atomic E-state index is 0.376. The number of likely N-dealkylation sites (N-methyl/N-ethyl adjacent to an activating group) is 1. The van der Waals surface area contributed by atoms with E-state index in [0.29, 0.717) is 11.6 Å². The lowest BCUT2D eigenvalue weighted by atomic mass is 9.75. The Labute approximate surface area is 123 Å². The molecule has 1 atom stereocenters. The topological polar surface area (TPSA) is 33.7 Å². The molecule has 0 amide bonds.